The van der Waals surface area contributed by atoms with Gasteiger partial charge in [0.1, 0.15) is 0 Å². The maximum Gasteiger partial charge on any atom is 0.0135 e. The lowest BCUT2D eigenvalue weighted by Gasteiger charge is -2.03. The average molecular weight is 270 g/mol. The third kappa shape index (κ3) is 17.6. The van der Waals surface area contributed by atoms with E-state index in [9.17, 15) is 0 Å². The van der Waals surface area contributed by atoms with E-state index in [0.717, 1.165) is 45.8 Å². The Morgan fingerprint density at radius 3 is 1.63 bits per heavy atom. The Hall–Kier alpha value is -0.420. The minimum atomic E-state index is 0.988. The van der Waals surface area contributed by atoms with Gasteiger partial charge in [0, 0.05) is 13.1 Å². The van der Waals surface area contributed by atoms with Crippen LogP contribution in [-0.4, -0.2) is 52.9 Å². The van der Waals surface area contributed by atoms with Crippen LogP contribution in [0, 0.1) is 0 Å². The van der Waals surface area contributed by atoms with Crippen LogP contribution in [0.2, 0.25) is 0 Å². The van der Waals surface area contributed by atoms with Crippen LogP contribution in [0.5, 0.6) is 0 Å². The molecule has 0 fully saturated rings. The van der Waals surface area contributed by atoms with Crippen LogP contribution in [0.4, 0.5) is 0 Å². The molecule has 0 aromatic carbocycles. The Morgan fingerprint density at radius 1 is 0.684 bits per heavy atom. The maximum atomic E-state index is 3.43. The van der Waals surface area contributed by atoms with Crippen LogP contribution in [0.25, 0.3) is 0 Å². The summed E-state index contributed by atoms with van der Waals surface area (Å²) in [5.41, 5.74) is 0. The lowest BCUT2D eigenvalue weighted by atomic mass is 10.3. The van der Waals surface area contributed by atoms with E-state index >= 15 is 0 Å². The normalized spacial score (nSPS) is 11.5. The van der Waals surface area contributed by atoms with Crippen molar-refractivity contribution in [2.45, 2.75) is 32.6 Å². The van der Waals surface area contributed by atoms with Crippen LogP contribution in [0.1, 0.15) is 32.6 Å². The molecule has 0 radical (unpaired) electrons. The van der Waals surface area contributed by atoms with Crippen molar-refractivity contribution in [1.29, 1.82) is 0 Å². The zero-order valence-corrected chi connectivity index (χ0v) is 12.9. The first-order valence-electron chi connectivity index (χ1n) is 7.83. The van der Waals surface area contributed by atoms with E-state index in [0.29, 0.717) is 0 Å². The topological polar surface area (TPSA) is 48.1 Å². The SMILES string of the molecule is CCNCCCCNCC=CCNCCCCNC. The van der Waals surface area contributed by atoms with Gasteiger partial charge in [-0.05, 0) is 65.5 Å². The molecule has 0 heterocycles. The quantitative estimate of drug-likeness (QED) is 0.266. The minimum Gasteiger partial charge on any atom is -0.320 e. The third-order valence-corrected chi connectivity index (χ3v) is 2.93. The summed E-state index contributed by atoms with van der Waals surface area (Å²) in [6.45, 7) is 9.71. The van der Waals surface area contributed by atoms with Crippen molar-refractivity contribution in [3.8, 4) is 0 Å². The van der Waals surface area contributed by atoms with Crippen molar-refractivity contribution in [2.75, 3.05) is 52.9 Å². The van der Waals surface area contributed by atoms with Crippen molar-refractivity contribution in [3.05, 3.63) is 12.2 Å². The van der Waals surface area contributed by atoms with E-state index in [4.69, 9.17) is 0 Å². The molecule has 0 aliphatic carbocycles. The van der Waals surface area contributed by atoms with Crippen molar-refractivity contribution in [2.24, 2.45) is 0 Å². The number of nitrogens with one attached hydrogen (secondary N) is 4. The number of hydrogen-bond acceptors (Lipinski definition) is 4. The highest BCUT2D eigenvalue weighted by atomic mass is 14.9. The number of hydrogen-bond donors (Lipinski definition) is 4. The van der Waals surface area contributed by atoms with Gasteiger partial charge in [0.15, 0.2) is 0 Å². The van der Waals surface area contributed by atoms with Crippen molar-refractivity contribution in [3.63, 3.8) is 0 Å². The highest BCUT2D eigenvalue weighted by Crippen LogP contribution is 1.85. The third-order valence-electron chi connectivity index (χ3n) is 2.93. The number of unbranched alkanes of at least 4 members (excludes halogenated alkanes) is 2. The molecule has 0 aromatic heterocycles. The van der Waals surface area contributed by atoms with E-state index in [1.807, 2.05) is 7.05 Å². The van der Waals surface area contributed by atoms with Crippen LogP contribution < -0.4 is 21.3 Å². The molecule has 0 aromatic rings. The molecule has 0 amide bonds. The summed E-state index contributed by atoms with van der Waals surface area (Å²) in [7, 11) is 2.00. The first-order valence-corrected chi connectivity index (χ1v) is 7.83. The predicted octanol–water partition coefficient (Wildman–Crippen LogP) is 1.11. The number of rotatable bonds is 15. The molecular formula is C15H34N4. The van der Waals surface area contributed by atoms with Gasteiger partial charge in [-0.25, -0.2) is 0 Å². The highest BCUT2D eigenvalue weighted by molar-refractivity contribution is 4.85. The zero-order valence-electron chi connectivity index (χ0n) is 12.9. The Balaban J connectivity index is 3.01. The molecule has 19 heavy (non-hydrogen) atoms. The molecule has 114 valence electrons. The van der Waals surface area contributed by atoms with Gasteiger partial charge in [0.25, 0.3) is 0 Å². The van der Waals surface area contributed by atoms with E-state index in [1.54, 1.807) is 0 Å². The standard InChI is InChI=1S/C15H34N4/c1-3-17-11-6-7-13-19-15-9-8-14-18-12-5-4-10-16-2/h8-9,16-19H,3-7,10-15H2,1-2H3. The zero-order chi connectivity index (χ0) is 14.0. The lowest BCUT2D eigenvalue weighted by Crippen LogP contribution is -2.19. The van der Waals surface area contributed by atoms with Gasteiger partial charge in [-0.1, -0.05) is 19.1 Å². The smallest absolute Gasteiger partial charge is 0.0135 e. The second-order valence-electron chi connectivity index (χ2n) is 4.75. The molecule has 0 aliphatic rings. The Kier molecular flexibility index (Phi) is 17.2. The monoisotopic (exact) mass is 270 g/mol. The molecule has 0 aliphatic heterocycles. The van der Waals surface area contributed by atoms with Crippen molar-refractivity contribution < 1.29 is 0 Å². The highest BCUT2D eigenvalue weighted by Gasteiger charge is 1.87. The molecule has 0 unspecified atom stereocenters. The Labute approximate surface area is 119 Å². The molecule has 0 saturated heterocycles. The Morgan fingerprint density at radius 2 is 1.16 bits per heavy atom. The molecule has 4 N–H and O–H groups in total. The molecular weight excluding hydrogens is 236 g/mol. The maximum absolute atomic E-state index is 3.43. The van der Waals surface area contributed by atoms with Gasteiger partial charge in [-0.2, -0.15) is 0 Å². The average Bonchev–Trinajstić information content (AvgIpc) is 2.43. The fourth-order valence-corrected chi connectivity index (χ4v) is 1.77. The summed E-state index contributed by atoms with van der Waals surface area (Å²) in [5, 5.41) is 13.3. The van der Waals surface area contributed by atoms with Gasteiger partial charge < -0.3 is 21.3 Å². The summed E-state index contributed by atoms with van der Waals surface area (Å²) in [4.78, 5) is 0. The first-order chi connectivity index (χ1) is 9.41. The summed E-state index contributed by atoms with van der Waals surface area (Å²) in [5.74, 6) is 0. The summed E-state index contributed by atoms with van der Waals surface area (Å²) < 4.78 is 0. The molecule has 0 spiro atoms. The van der Waals surface area contributed by atoms with E-state index < -0.39 is 0 Å². The summed E-state index contributed by atoms with van der Waals surface area (Å²) in [6.07, 6.45) is 9.44. The van der Waals surface area contributed by atoms with Crippen LogP contribution in [-0.2, 0) is 0 Å². The predicted molar refractivity (Wildman–Crippen MR) is 85.8 cm³/mol. The van der Waals surface area contributed by atoms with Crippen LogP contribution in [0.3, 0.4) is 0 Å². The molecule has 0 atom stereocenters. The lowest BCUT2D eigenvalue weighted by molar-refractivity contribution is 0.608. The van der Waals surface area contributed by atoms with Crippen LogP contribution in [0.15, 0.2) is 12.2 Å². The molecule has 0 saturated carbocycles. The van der Waals surface area contributed by atoms with Gasteiger partial charge in [-0.3, -0.25) is 0 Å². The molecule has 4 heteroatoms. The fourth-order valence-electron chi connectivity index (χ4n) is 1.77. The van der Waals surface area contributed by atoms with Crippen LogP contribution >= 0.6 is 0 Å². The largest absolute Gasteiger partial charge is 0.320 e. The van der Waals surface area contributed by atoms with Gasteiger partial charge in [-0.15, -0.1) is 0 Å². The summed E-state index contributed by atoms with van der Waals surface area (Å²) >= 11 is 0. The summed E-state index contributed by atoms with van der Waals surface area (Å²) in [6, 6.07) is 0. The molecule has 0 rings (SSSR count). The molecule has 4 nitrogen and oxygen atoms in total. The van der Waals surface area contributed by atoms with Crippen molar-refractivity contribution >= 4 is 0 Å². The van der Waals surface area contributed by atoms with Gasteiger partial charge in [0.05, 0.1) is 0 Å². The van der Waals surface area contributed by atoms with Gasteiger partial charge >= 0.3 is 0 Å². The minimum absolute atomic E-state index is 0.988. The second-order valence-corrected chi connectivity index (χ2v) is 4.75. The molecule has 0 bridgehead atoms. The van der Waals surface area contributed by atoms with Crippen molar-refractivity contribution in [1.82, 2.24) is 21.3 Å². The van der Waals surface area contributed by atoms with E-state index in [1.165, 1.54) is 25.7 Å². The second kappa shape index (κ2) is 17.6. The van der Waals surface area contributed by atoms with E-state index in [2.05, 4.69) is 40.3 Å². The first kappa shape index (κ1) is 18.6. The van der Waals surface area contributed by atoms with E-state index in [-0.39, 0.29) is 0 Å². The fraction of sp³-hybridized carbons (Fsp3) is 0.867. The Bertz CT molecular complexity index is 183. The van der Waals surface area contributed by atoms with Gasteiger partial charge in [0.2, 0.25) is 0 Å².